The van der Waals surface area contributed by atoms with Crippen molar-refractivity contribution < 1.29 is 19.2 Å². The third-order valence-corrected chi connectivity index (χ3v) is 6.68. The molecule has 0 bridgehead atoms. The largest absolute Gasteiger partial charge is 0.469 e. The van der Waals surface area contributed by atoms with Gasteiger partial charge in [0.25, 0.3) is 5.69 Å². The minimum Gasteiger partial charge on any atom is -0.469 e. The summed E-state index contributed by atoms with van der Waals surface area (Å²) in [6, 6.07) is 3.10. The van der Waals surface area contributed by atoms with Gasteiger partial charge in [-0.05, 0) is 42.7 Å². The molecule has 3 rings (SSSR count). The molecule has 1 unspecified atom stereocenters. The van der Waals surface area contributed by atoms with Crippen molar-refractivity contribution in [3.8, 4) is 0 Å². The number of Topliss-reactive ketones (excluding diaryl/α,β-unsaturated/α-hetero) is 1. The number of nitrogens with two attached hydrogens (primary N) is 1. The molecule has 0 spiro atoms. The molecule has 1 saturated carbocycles. The number of nitrogens with one attached hydrogen (secondary N) is 1. The van der Waals surface area contributed by atoms with E-state index in [2.05, 4.69) is 12.2 Å². The van der Waals surface area contributed by atoms with Crippen molar-refractivity contribution in [3.63, 3.8) is 0 Å². The highest BCUT2D eigenvalue weighted by molar-refractivity contribution is 6.01. The minimum absolute atomic E-state index is 0.130. The molecule has 0 aromatic heterocycles. The Labute approximate surface area is 164 Å². The number of ketones is 1. The zero-order valence-corrected chi connectivity index (χ0v) is 16.5. The van der Waals surface area contributed by atoms with E-state index in [1.165, 1.54) is 13.2 Å². The first kappa shape index (κ1) is 20.3. The summed E-state index contributed by atoms with van der Waals surface area (Å²) in [5.74, 6) is -0.684. The molecule has 0 radical (unpaired) electrons. The standard InChI is InChI=1S/C20H27N3O5/c1-19-5-4-6-20(2,18(25)28-3)17(19)11-16(24)12-9-15(23(26)27)14(10-13(12)19)22-8-7-21/h9-10,17,22H,4-8,11,21H2,1-3H3/t17?,19-,20-/m1/s1. The van der Waals surface area contributed by atoms with Crippen LogP contribution >= 0.6 is 0 Å². The van der Waals surface area contributed by atoms with E-state index in [4.69, 9.17) is 10.5 Å². The van der Waals surface area contributed by atoms with Gasteiger partial charge in [0.2, 0.25) is 0 Å². The maximum Gasteiger partial charge on any atom is 0.311 e. The Morgan fingerprint density at radius 1 is 1.39 bits per heavy atom. The molecule has 8 nitrogen and oxygen atoms in total. The molecule has 3 atom stereocenters. The van der Waals surface area contributed by atoms with E-state index in [-0.39, 0.29) is 29.8 Å². The lowest BCUT2D eigenvalue weighted by atomic mass is 9.49. The molecule has 3 N–H and O–H groups in total. The van der Waals surface area contributed by atoms with Crippen LogP contribution in [0, 0.1) is 21.4 Å². The summed E-state index contributed by atoms with van der Waals surface area (Å²) in [5, 5.41) is 14.5. The van der Waals surface area contributed by atoms with Gasteiger partial charge in [0.1, 0.15) is 5.69 Å². The summed E-state index contributed by atoms with van der Waals surface area (Å²) in [6.07, 6.45) is 2.46. The fraction of sp³-hybridized carbons (Fsp3) is 0.600. The molecule has 2 aliphatic carbocycles. The van der Waals surface area contributed by atoms with E-state index in [1.807, 2.05) is 6.92 Å². The maximum atomic E-state index is 13.0. The summed E-state index contributed by atoms with van der Waals surface area (Å²) in [5.41, 5.74) is 5.72. The lowest BCUT2D eigenvalue weighted by Crippen LogP contribution is -2.53. The van der Waals surface area contributed by atoms with Crippen LogP contribution in [0.15, 0.2) is 12.1 Å². The van der Waals surface area contributed by atoms with Crippen molar-refractivity contribution in [1.82, 2.24) is 0 Å². The molecule has 2 aliphatic rings. The lowest BCUT2D eigenvalue weighted by Gasteiger charge is -2.53. The second kappa shape index (κ2) is 7.16. The van der Waals surface area contributed by atoms with Crippen molar-refractivity contribution in [2.75, 3.05) is 25.5 Å². The Morgan fingerprint density at radius 2 is 2.11 bits per heavy atom. The third-order valence-electron chi connectivity index (χ3n) is 6.68. The van der Waals surface area contributed by atoms with Crippen LogP contribution in [0.25, 0.3) is 0 Å². The van der Waals surface area contributed by atoms with Crippen molar-refractivity contribution in [3.05, 3.63) is 33.4 Å². The molecular weight excluding hydrogens is 362 g/mol. The highest BCUT2D eigenvalue weighted by Gasteiger charge is 2.57. The number of hydrogen-bond acceptors (Lipinski definition) is 7. The van der Waals surface area contributed by atoms with Gasteiger partial charge in [0.05, 0.1) is 17.4 Å². The normalized spacial score (nSPS) is 28.9. The quantitative estimate of drug-likeness (QED) is 0.451. The Balaban J connectivity index is 2.18. The van der Waals surface area contributed by atoms with Crippen LogP contribution in [-0.4, -0.2) is 36.9 Å². The topological polar surface area (TPSA) is 125 Å². The van der Waals surface area contributed by atoms with Gasteiger partial charge >= 0.3 is 5.97 Å². The lowest BCUT2D eigenvalue weighted by molar-refractivity contribution is -0.384. The minimum atomic E-state index is -0.762. The average molecular weight is 389 g/mol. The molecule has 8 heteroatoms. The molecule has 0 amide bonds. The number of fused-ring (bicyclic) bond motifs is 3. The molecule has 28 heavy (non-hydrogen) atoms. The van der Waals surface area contributed by atoms with Crippen molar-refractivity contribution in [2.24, 2.45) is 17.1 Å². The summed E-state index contributed by atoms with van der Waals surface area (Å²) in [7, 11) is 1.37. The number of benzene rings is 1. The van der Waals surface area contributed by atoms with Gasteiger partial charge in [0, 0.05) is 31.1 Å². The first-order valence-corrected chi connectivity index (χ1v) is 9.57. The molecule has 0 saturated heterocycles. The van der Waals surface area contributed by atoms with Gasteiger partial charge in [-0.15, -0.1) is 0 Å². The van der Waals surface area contributed by atoms with Crippen LogP contribution in [0.1, 0.15) is 55.5 Å². The van der Waals surface area contributed by atoms with Crippen molar-refractivity contribution >= 4 is 23.1 Å². The predicted molar refractivity (Wildman–Crippen MR) is 104 cm³/mol. The number of carbonyl (C=O) groups is 2. The second-order valence-corrected chi connectivity index (χ2v) is 8.25. The summed E-state index contributed by atoms with van der Waals surface area (Å²) >= 11 is 0. The fourth-order valence-electron chi connectivity index (χ4n) is 5.21. The van der Waals surface area contributed by atoms with Crippen LogP contribution in [0.3, 0.4) is 0 Å². The first-order valence-electron chi connectivity index (χ1n) is 9.57. The monoisotopic (exact) mass is 389 g/mol. The van der Waals surface area contributed by atoms with Crippen molar-refractivity contribution in [1.29, 1.82) is 0 Å². The number of rotatable bonds is 5. The molecule has 1 fully saturated rings. The van der Waals surface area contributed by atoms with Crippen LogP contribution in [-0.2, 0) is 14.9 Å². The Bertz CT molecular complexity index is 839. The van der Waals surface area contributed by atoms with E-state index >= 15 is 0 Å². The molecule has 152 valence electrons. The van der Waals surface area contributed by atoms with Crippen molar-refractivity contribution in [2.45, 2.75) is 44.9 Å². The number of carbonyl (C=O) groups excluding carboxylic acids is 2. The first-order chi connectivity index (χ1) is 13.2. The van der Waals surface area contributed by atoms with Gasteiger partial charge in [-0.1, -0.05) is 13.3 Å². The summed E-state index contributed by atoms with van der Waals surface area (Å²) in [4.78, 5) is 36.6. The summed E-state index contributed by atoms with van der Waals surface area (Å²) in [6.45, 7) is 4.64. The van der Waals surface area contributed by atoms with Gasteiger partial charge in [-0.3, -0.25) is 19.7 Å². The Kier molecular flexibility index (Phi) is 5.18. The number of anilines is 1. The van der Waals surface area contributed by atoms with E-state index in [1.54, 1.807) is 6.07 Å². The van der Waals surface area contributed by atoms with E-state index < -0.39 is 15.8 Å². The van der Waals surface area contributed by atoms with Crippen LogP contribution < -0.4 is 11.1 Å². The smallest absolute Gasteiger partial charge is 0.311 e. The number of ether oxygens (including phenoxy) is 1. The van der Waals surface area contributed by atoms with E-state index in [9.17, 15) is 19.7 Å². The average Bonchev–Trinajstić information content (AvgIpc) is 2.67. The zero-order valence-electron chi connectivity index (χ0n) is 16.5. The molecule has 0 aliphatic heterocycles. The van der Waals surface area contributed by atoms with E-state index in [0.29, 0.717) is 30.8 Å². The Morgan fingerprint density at radius 3 is 2.71 bits per heavy atom. The Hall–Kier alpha value is -2.48. The van der Waals surface area contributed by atoms with Gasteiger partial charge < -0.3 is 15.8 Å². The van der Waals surface area contributed by atoms with Gasteiger partial charge in [-0.2, -0.15) is 0 Å². The number of esters is 1. The molecule has 1 aromatic rings. The van der Waals surface area contributed by atoms with Gasteiger partial charge in [0.15, 0.2) is 5.78 Å². The second-order valence-electron chi connectivity index (χ2n) is 8.25. The third kappa shape index (κ3) is 2.96. The number of methoxy groups -OCH3 is 1. The van der Waals surface area contributed by atoms with Crippen LogP contribution in [0.4, 0.5) is 11.4 Å². The fourth-order valence-corrected chi connectivity index (χ4v) is 5.21. The number of nitro groups is 1. The zero-order chi connectivity index (χ0) is 20.7. The number of nitrogens with zero attached hydrogens (tertiary/aromatic N) is 1. The summed E-state index contributed by atoms with van der Waals surface area (Å²) < 4.78 is 5.07. The van der Waals surface area contributed by atoms with Crippen LogP contribution in [0.2, 0.25) is 0 Å². The maximum absolute atomic E-state index is 13.0. The highest BCUT2D eigenvalue weighted by atomic mass is 16.6. The number of hydrogen-bond donors (Lipinski definition) is 2. The molecule has 0 heterocycles. The predicted octanol–water partition coefficient (Wildman–Crippen LogP) is 2.79. The van der Waals surface area contributed by atoms with Crippen LogP contribution in [0.5, 0.6) is 0 Å². The highest BCUT2D eigenvalue weighted by Crippen LogP contribution is 2.58. The molecule has 1 aromatic carbocycles. The SMILES string of the molecule is COC(=O)[C@]1(C)CCC[C@]2(C)c3cc(NCCN)c([N+](=O)[O-])cc3C(=O)CC12. The number of nitro benzene ring substituents is 1. The molecular formula is C20H27N3O5. The van der Waals surface area contributed by atoms with E-state index in [0.717, 1.165) is 18.4 Å². The van der Waals surface area contributed by atoms with Gasteiger partial charge in [-0.25, -0.2) is 0 Å².